The van der Waals surface area contributed by atoms with Gasteiger partial charge in [0, 0.05) is 32.5 Å². The molecule has 0 atom stereocenters. The standard InChI is InChI=1S/C10H15N3O3/c1-8(12-16-11-2)6-7-13-9(14)4-3-5-10(13)15/h2-7H2,1H3. The number of likely N-dealkylation sites (tertiary alicyclic amines) is 1. The van der Waals surface area contributed by atoms with E-state index in [1.54, 1.807) is 6.92 Å². The first-order chi connectivity index (χ1) is 7.65. The lowest BCUT2D eigenvalue weighted by atomic mass is 10.1. The summed E-state index contributed by atoms with van der Waals surface area (Å²) in [6.45, 7) is 5.20. The minimum absolute atomic E-state index is 0.105. The highest BCUT2D eigenvalue weighted by molar-refractivity contribution is 5.98. The zero-order valence-electron chi connectivity index (χ0n) is 9.31. The number of nitrogens with zero attached hydrogens (tertiary/aromatic N) is 3. The van der Waals surface area contributed by atoms with E-state index in [9.17, 15) is 9.59 Å². The first-order valence-corrected chi connectivity index (χ1v) is 5.14. The van der Waals surface area contributed by atoms with Gasteiger partial charge in [-0.2, -0.15) is 0 Å². The summed E-state index contributed by atoms with van der Waals surface area (Å²) in [4.78, 5) is 28.6. The largest absolute Gasteiger partial charge is 0.282 e. The molecule has 1 rings (SSSR count). The van der Waals surface area contributed by atoms with E-state index in [1.807, 2.05) is 0 Å². The Balaban J connectivity index is 2.43. The van der Waals surface area contributed by atoms with Crippen LogP contribution in [0.3, 0.4) is 0 Å². The minimum atomic E-state index is -0.105. The van der Waals surface area contributed by atoms with Crippen LogP contribution in [0.2, 0.25) is 0 Å². The molecule has 1 aliphatic rings. The summed E-state index contributed by atoms with van der Waals surface area (Å²) in [5.74, 6) is -0.210. The van der Waals surface area contributed by atoms with Crippen molar-refractivity contribution in [3.63, 3.8) is 0 Å². The van der Waals surface area contributed by atoms with Crippen LogP contribution in [0.15, 0.2) is 10.3 Å². The Morgan fingerprint density at radius 2 is 2.06 bits per heavy atom. The van der Waals surface area contributed by atoms with Crippen LogP contribution < -0.4 is 0 Å². The predicted molar refractivity (Wildman–Crippen MR) is 58.9 cm³/mol. The fraction of sp³-hybridized carbons (Fsp3) is 0.600. The van der Waals surface area contributed by atoms with E-state index in [0.29, 0.717) is 37.9 Å². The molecular weight excluding hydrogens is 210 g/mol. The second-order valence-electron chi connectivity index (χ2n) is 3.58. The topological polar surface area (TPSA) is 71.3 Å². The molecule has 88 valence electrons. The quantitative estimate of drug-likeness (QED) is 0.397. The minimum Gasteiger partial charge on any atom is -0.282 e. The normalized spacial score (nSPS) is 17.6. The Kier molecular flexibility index (Phi) is 4.63. The van der Waals surface area contributed by atoms with Crippen molar-refractivity contribution in [1.82, 2.24) is 4.90 Å². The summed E-state index contributed by atoms with van der Waals surface area (Å²) < 4.78 is 0. The third kappa shape index (κ3) is 3.45. The van der Waals surface area contributed by atoms with Crippen LogP contribution in [0, 0.1) is 0 Å². The number of carbonyl (C=O) groups excluding carboxylic acids is 2. The number of piperidine rings is 1. The third-order valence-electron chi connectivity index (χ3n) is 2.34. The highest BCUT2D eigenvalue weighted by Gasteiger charge is 2.25. The van der Waals surface area contributed by atoms with Gasteiger partial charge in [0.15, 0.2) is 0 Å². The molecular formula is C10H15N3O3. The number of hydrogen-bond donors (Lipinski definition) is 0. The number of carbonyl (C=O) groups is 2. The predicted octanol–water partition coefficient (Wildman–Crippen LogP) is 0.924. The van der Waals surface area contributed by atoms with Gasteiger partial charge in [0.1, 0.15) is 0 Å². The van der Waals surface area contributed by atoms with Crippen molar-refractivity contribution in [2.75, 3.05) is 6.54 Å². The van der Waals surface area contributed by atoms with Crippen molar-refractivity contribution in [2.45, 2.75) is 32.6 Å². The number of imide groups is 1. The Morgan fingerprint density at radius 3 is 2.62 bits per heavy atom. The smallest absolute Gasteiger partial charge is 0.229 e. The Bertz CT molecular complexity index is 309. The lowest BCUT2D eigenvalue weighted by Crippen LogP contribution is -2.41. The summed E-state index contributed by atoms with van der Waals surface area (Å²) >= 11 is 0. The maximum atomic E-state index is 11.4. The highest BCUT2D eigenvalue weighted by Crippen LogP contribution is 2.12. The molecule has 0 bridgehead atoms. The van der Waals surface area contributed by atoms with Gasteiger partial charge < -0.3 is 0 Å². The Morgan fingerprint density at radius 1 is 1.44 bits per heavy atom. The van der Waals surface area contributed by atoms with Gasteiger partial charge in [0.2, 0.25) is 11.8 Å². The SMILES string of the molecule is C=NON=C(C)CCN1C(=O)CCCC1=O. The maximum absolute atomic E-state index is 11.4. The van der Waals surface area contributed by atoms with E-state index in [1.165, 1.54) is 4.90 Å². The van der Waals surface area contributed by atoms with Gasteiger partial charge in [-0.3, -0.25) is 14.5 Å². The van der Waals surface area contributed by atoms with Gasteiger partial charge in [-0.1, -0.05) is 10.3 Å². The molecule has 2 amide bonds. The summed E-state index contributed by atoms with van der Waals surface area (Å²) in [5.41, 5.74) is 0.665. The van der Waals surface area contributed by atoms with Crippen molar-refractivity contribution in [2.24, 2.45) is 10.3 Å². The molecule has 0 aromatic heterocycles. The maximum Gasteiger partial charge on any atom is 0.229 e. The second-order valence-corrected chi connectivity index (χ2v) is 3.58. The Hall–Kier alpha value is -1.72. The average molecular weight is 225 g/mol. The van der Waals surface area contributed by atoms with Gasteiger partial charge in [-0.25, -0.2) is 4.94 Å². The summed E-state index contributed by atoms with van der Waals surface area (Å²) in [5, 5.41) is 6.73. The van der Waals surface area contributed by atoms with Crippen LogP contribution in [-0.2, 0) is 14.5 Å². The molecule has 0 radical (unpaired) electrons. The fourth-order valence-corrected chi connectivity index (χ4v) is 1.47. The molecule has 1 heterocycles. The molecule has 6 heteroatoms. The molecule has 1 saturated heterocycles. The van der Waals surface area contributed by atoms with Gasteiger partial charge >= 0.3 is 0 Å². The van der Waals surface area contributed by atoms with Crippen LogP contribution in [0.4, 0.5) is 0 Å². The fourth-order valence-electron chi connectivity index (χ4n) is 1.47. The average Bonchev–Trinajstić information content (AvgIpc) is 2.25. The van der Waals surface area contributed by atoms with Crippen LogP contribution in [0.5, 0.6) is 0 Å². The van der Waals surface area contributed by atoms with Crippen LogP contribution in [0.1, 0.15) is 32.6 Å². The van der Waals surface area contributed by atoms with Gasteiger partial charge in [-0.15, -0.1) is 0 Å². The molecule has 0 N–H and O–H groups in total. The van der Waals surface area contributed by atoms with Gasteiger partial charge in [0.05, 0.1) is 5.71 Å². The van der Waals surface area contributed by atoms with E-state index >= 15 is 0 Å². The van der Waals surface area contributed by atoms with Crippen LogP contribution in [0.25, 0.3) is 0 Å². The molecule has 0 unspecified atom stereocenters. The van der Waals surface area contributed by atoms with E-state index < -0.39 is 0 Å². The molecule has 0 saturated carbocycles. The summed E-state index contributed by atoms with van der Waals surface area (Å²) in [6.07, 6.45) is 2.05. The number of oxime groups is 2. The monoisotopic (exact) mass is 225 g/mol. The van der Waals surface area contributed by atoms with Crippen LogP contribution in [-0.4, -0.2) is 35.7 Å². The highest BCUT2D eigenvalue weighted by atomic mass is 16.8. The zero-order chi connectivity index (χ0) is 12.0. The first kappa shape index (κ1) is 12.4. The van der Waals surface area contributed by atoms with E-state index in [-0.39, 0.29) is 11.8 Å². The van der Waals surface area contributed by atoms with E-state index in [0.717, 1.165) is 0 Å². The lowest BCUT2D eigenvalue weighted by Gasteiger charge is -2.24. The molecule has 1 aliphatic heterocycles. The van der Waals surface area contributed by atoms with Crippen LogP contribution >= 0.6 is 0 Å². The molecule has 1 fully saturated rings. The van der Waals surface area contributed by atoms with Crippen molar-refractivity contribution < 1.29 is 14.5 Å². The van der Waals surface area contributed by atoms with E-state index in [2.05, 4.69) is 22.0 Å². The molecule has 0 spiro atoms. The van der Waals surface area contributed by atoms with Gasteiger partial charge in [-0.05, 0) is 13.3 Å². The van der Waals surface area contributed by atoms with Crippen molar-refractivity contribution in [3.8, 4) is 0 Å². The number of hydrogen-bond acceptors (Lipinski definition) is 5. The molecule has 0 aromatic carbocycles. The first-order valence-electron chi connectivity index (χ1n) is 5.14. The van der Waals surface area contributed by atoms with Crippen molar-refractivity contribution in [1.29, 1.82) is 0 Å². The van der Waals surface area contributed by atoms with Gasteiger partial charge in [0.25, 0.3) is 0 Å². The number of amides is 2. The molecule has 0 aliphatic carbocycles. The Labute approximate surface area is 93.9 Å². The van der Waals surface area contributed by atoms with E-state index in [4.69, 9.17) is 0 Å². The second kappa shape index (κ2) is 5.99. The molecule has 0 aromatic rings. The lowest BCUT2D eigenvalue weighted by molar-refractivity contribution is -0.147. The van der Waals surface area contributed by atoms with Crippen molar-refractivity contribution >= 4 is 24.2 Å². The summed E-state index contributed by atoms with van der Waals surface area (Å²) in [6, 6.07) is 0. The van der Waals surface area contributed by atoms with Crippen molar-refractivity contribution in [3.05, 3.63) is 0 Å². The molecule has 6 nitrogen and oxygen atoms in total. The number of rotatable bonds is 5. The third-order valence-corrected chi connectivity index (χ3v) is 2.34. The molecule has 16 heavy (non-hydrogen) atoms. The zero-order valence-corrected chi connectivity index (χ0v) is 9.31. The summed E-state index contributed by atoms with van der Waals surface area (Å²) in [7, 11) is 0.